The summed E-state index contributed by atoms with van der Waals surface area (Å²) in [6, 6.07) is 9.84. The molecule has 2 nitrogen and oxygen atoms in total. The van der Waals surface area contributed by atoms with Gasteiger partial charge in [-0.15, -0.1) is 0 Å². The molecule has 1 aromatic carbocycles. The zero-order chi connectivity index (χ0) is 11.4. The zero-order valence-electron chi connectivity index (χ0n) is 9.73. The van der Waals surface area contributed by atoms with Gasteiger partial charge < -0.3 is 10.8 Å². The first kappa shape index (κ1) is 11.6. The minimum absolute atomic E-state index is 0.313. The molecule has 1 aliphatic rings. The maximum absolute atomic E-state index is 10.6. The number of hydrogen-bond acceptors (Lipinski definition) is 2. The van der Waals surface area contributed by atoms with Gasteiger partial charge in [-0.3, -0.25) is 0 Å². The summed E-state index contributed by atoms with van der Waals surface area (Å²) in [5, 5.41) is 10.6. The topological polar surface area (TPSA) is 46.2 Å². The second-order valence-corrected chi connectivity index (χ2v) is 4.96. The van der Waals surface area contributed by atoms with E-state index in [9.17, 15) is 5.11 Å². The molecule has 0 heterocycles. The van der Waals surface area contributed by atoms with Crippen molar-refractivity contribution in [2.75, 3.05) is 6.54 Å². The van der Waals surface area contributed by atoms with Crippen molar-refractivity contribution in [3.8, 4) is 0 Å². The van der Waals surface area contributed by atoms with E-state index in [1.54, 1.807) is 0 Å². The summed E-state index contributed by atoms with van der Waals surface area (Å²) < 4.78 is 0. The molecular formula is C14H21NO. The minimum atomic E-state index is -0.823. The lowest BCUT2D eigenvalue weighted by molar-refractivity contribution is 0.0204. The van der Waals surface area contributed by atoms with Crippen LogP contribution in [-0.4, -0.2) is 11.7 Å². The monoisotopic (exact) mass is 219 g/mol. The maximum Gasteiger partial charge on any atom is 0.102 e. The van der Waals surface area contributed by atoms with Gasteiger partial charge in [0, 0.05) is 6.54 Å². The summed E-state index contributed by atoms with van der Waals surface area (Å²) in [4.78, 5) is 0. The van der Waals surface area contributed by atoms with Crippen LogP contribution in [0.25, 0.3) is 0 Å². The van der Waals surface area contributed by atoms with Crippen molar-refractivity contribution < 1.29 is 5.11 Å². The standard InChI is InChI=1S/C14H21NO/c15-11-14(16,10-12-6-4-5-7-12)13-8-2-1-3-9-13/h1-3,8-9,12,16H,4-7,10-11,15H2. The Kier molecular flexibility index (Phi) is 3.62. The van der Waals surface area contributed by atoms with Crippen molar-refractivity contribution in [3.05, 3.63) is 35.9 Å². The fourth-order valence-electron chi connectivity index (χ4n) is 2.76. The Morgan fingerprint density at radius 1 is 1.19 bits per heavy atom. The van der Waals surface area contributed by atoms with Crippen LogP contribution in [0.5, 0.6) is 0 Å². The van der Waals surface area contributed by atoms with Crippen LogP contribution in [0.3, 0.4) is 0 Å². The molecule has 0 aromatic heterocycles. The normalized spacial score (nSPS) is 20.9. The highest BCUT2D eigenvalue weighted by molar-refractivity contribution is 5.22. The van der Waals surface area contributed by atoms with Gasteiger partial charge in [0.2, 0.25) is 0 Å². The molecule has 88 valence electrons. The Hall–Kier alpha value is -0.860. The van der Waals surface area contributed by atoms with E-state index in [0.717, 1.165) is 12.0 Å². The molecule has 0 amide bonds. The van der Waals surface area contributed by atoms with Gasteiger partial charge in [0.05, 0.1) is 0 Å². The first-order valence-corrected chi connectivity index (χ1v) is 6.22. The molecule has 2 heteroatoms. The lowest BCUT2D eigenvalue weighted by Crippen LogP contribution is -2.36. The summed E-state index contributed by atoms with van der Waals surface area (Å²) in [6.07, 6.45) is 5.91. The highest BCUT2D eigenvalue weighted by Crippen LogP contribution is 2.35. The van der Waals surface area contributed by atoms with Crippen LogP contribution >= 0.6 is 0 Å². The van der Waals surface area contributed by atoms with Gasteiger partial charge in [0.25, 0.3) is 0 Å². The van der Waals surface area contributed by atoms with Crippen molar-refractivity contribution in [3.63, 3.8) is 0 Å². The van der Waals surface area contributed by atoms with Gasteiger partial charge in [0.15, 0.2) is 0 Å². The summed E-state index contributed by atoms with van der Waals surface area (Å²) in [7, 11) is 0. The quantitative estimate of drug-likeness (QED) is 0.817. The summed E-state index contributed by atoms with van der Waals surface area (Å²) in [5.41, 5.74) is 5.91. The van der Waals surface area contributed by atoms with Gasteiger partial charge in [-0.05, 0) is 17.9 Å². The predicted molar refractivity (Wildman–Crippen MR) is 66.0 cm³/mol. The molecular weight excluding hydrogens is 198 g/mol. The first-order valence-electron chi connectivity index (χ1n) is 6.22. The fourth-order valence-corrected chi connectivity index (χ4v) is 2.76. The van der Waals surface area contributed by atoms with Crippen LogP contribution in [-0.2, 0) is 5.60 Å². The molecule has 0 saturated heterocycles. The van der Waals surface area contributed by atoms with Crippen molar-refractivity contribution in [2.24, 2.45) is 11.7 Å². The molecule has 0 radical (unpaired) electrons. The molecule has 1 aromatic rings. The van der Waals surface area contributed by atoms with Crippen molar-refractivity contribution >= 4 is 0 Å². The fraction of sp³-hybridized carbons (Fsp3) is 0.571. The van der Waals surface area contributed by atoms with E-state index >= 15 is 0 Å². The number of hydrogen-bond donors (Lipinski definition) is 2. The van der Waals surface area contributed by atoms with Crippen LogP contribution in [0.1, 0.15) is 37.7 Å². The predicted octanol–water partition coefficient (Wildman–Crippen LogP) is 2.41. The van der Waals surface area contributed by atoms with E-state index < -0.39 is 5.60 Å². The molecule has 16 heavy (non-hydrogen) atoms. The molecule has 0 bridgehead atoms. The van der Waals surface area contributed by atoms with Crippen LogP contribution < -0.4 is 5.73 Å². The Labute approximate surface area is 97.5 Å². The van der Waals surface area contributed by atoms with Gasteiger partial charge in [-0.2, -0.15) is 0 Å². The van der Waals surface area contributed by atoms with Gasteiger partial charge in [-0.1, -0.05) is 56.0 Å². The third-order valence-electron chi connectivity index (χ3n) is 3.75. The zero-order valence-corrected chi connectivity index (χ0v) is 9.73. The second-order valence-electron chi connectivity index (χ2n) is 4.96. The van der Waals surface area contributed by atoms with Gasteiger partial charge in [0.1, 0.15) is 5.60 Å². The molecule has 0 aliphatic heterocycles. The molecule has 2 rings (SSSR count). The highest BCUT2D eigenvalue weighted by Gasteiger charge is 2.32. The van der Waals surface area contributed by atoms with Gasteiger partial charge >= 0.3 is 0 Å². The first-order chi connectivity index (χ1) is 7.74. The number of rotatable bonds is 4. The van der Waals surface area contributed by atoms with Crippen LogP contribution in [0.4, 0.5) is 0 Å². The molecule has 1 saturated carbocycles. The van der Waals surface area contributed by atoms with Crippen molar-refractivity contribution in [1.29, 1.82) is 0 Å². The van der Waals surface area contributed by atoms with E-state index in [0.29, 0.717) is 12.5 Å². The Morgan fingerprint density at radius 3 is 2.38 bits per heavy atom. The number of aliphatic hydroxyl groups is 1. The highest BCUT2D eigenvalue weighted by atomic mass is 16.3. The Bertz CT molecular complexity index is 319. The van der Waals surface area contributed by atoms with Gasteiger partial charge in [-0.25, -0.2) is 0 Å². The van der Waals surface area contributed by atoms with E-state index in [-0.39, 0.29) is 0 Å². The largest absolute Gasteiger partial charge is 0.384 e. The molecule has 1 fully saturated rings. The summed E-state index contributed by atoms with van der Waals surface area (Å²) in [6.45, 7) is 0.313. The SMILES string of the molecule is NCC(O)(CC1CCCC1)c1ccccc1. The third kappa shape index (κ3) is 2.45. The lowest BCUT2D eigenvalue weighted by Gasteiger charge is -2.30. The number of benzene rings is 1. The minimum Gasteiger partial charge on any atom is -0.384 e. The molecule has 3 N–H and O–H groups in total. The third-order valence-corrected chi connectivity index (χ3v) is 3.75. The molecule has 1 unspecified atom stereocenters. The van der Waals surface area contributed by atoms with Crippen molar-refractivity contribution in [2.45, 2.75) is 37.7 Å². The van der Waals surface area contributed by atoms with E-state index in [1.165, 1.54) is 25.7 Å². The lowest BCUT2D eigenvalue weighted by atomic mass is 9.84. The Morgan fingerprint density at radius 2 is 1.81 bits per heavy atom. The summed E-state index contributed by atoms with van der Waals surface area (Å²) >= 11 is 0. The van der Waals surface area contributed by atoms with Crippen LogP contribution in [0.2, 0.25) is 0 Å². The van der Waals surface area contributed by atoms with E-state index in [1.807, 2.05) is 30.3 Å². The Balaban J connectivity index is 2.12. The average Bonchev–Trinajstić information content (AvgIpc) is 2.83. The van der Waals surface area contributed by atoms with E-state index in [2.05, 4.69) is 0 Å². The molecule has 1 atom stereocenters. The molecule has 0 spiro atoms. The van der Waals surface area contributed by atoms with Crippen LogP contribution in [0.15, 0.2) is 30.3 Å². The average molecular weight is 219 g/mol. The summed E-state index contributed by atoms with van der Waals surface area (Å²) in [5.74, 6) is 0.647. The van der Waals surface area contributed by atoms with E-state index in [4.69, 9.17) is 5.73 Å². The number of nitrogens with two attached hydrogens (primary N) is 1. The smallest absolute Gasteiger partial charge is 0.102 e. The van der Waals surface area contributed by atoms with Crippen LogP contribution in [0, 0.1) is 5.92 Å². The van der Waals surface area contributed by atoms with Crippen molar-refractivity contribution in [1.82, 2.24) is 0 Å². The molecule has 1 aliphatic carbocycles. The maximum atomic E-state index is 10.6. The second kappa shape index (κ2) is 4.98.